The largest absolute Gasteiger partial charge is 0.353 e. The molecule has 1 fully saturated rings. The maximum Gasteiger partial charge on any atom is 0.284 e. The molecule has 0 radical (unpaired) electrons. The topological polar surface area (TPSA) is 53.0 Å². The number of sulfonamides is 1. The zero-order chi connectivity index (χ0) is 17.9. The Balaban J connectivity index is 2.01. The van der Waals surface area contributed by atoms with Crippen LogP contribution < -0.4 is 0 Å². The first-order valence-corrected chi connectivity index (χ1v) is 9.49. The van der Waals surface area contributed by atoms with Crippen molar-refractivity contribution in [1.29, 1.82) is 0 Å². The van der Waals surface area contributed by atoms with Gasteiger partial charge in [0, 0.05) is 31.7 Å². The van der Waals surface area contributed by atoms with Crippen molar-refractivity contribution in [2.45, 2.75) is 4.90 Å². The van der Waals surface area contributed by atoms with Gasteiger partial charge in [-0.25, -0.2) is 4.39 Å². The number of hydrogen-bond donors (Lipinski definition) is 0. The van der Waals surface area contributed by atoms with Gasteiger partial charge in [0.1, 0.15) is 11.7 Å². The minimum Gasteiger partial charge on any atom is -0.353 e. The molecule has 0 atom stereocenters. The standard InChI is InChI=1S/C18H20FN3O2S/c1-21-11-13-22(14-12-21)18(15-5-3-2-4-6-15)20-25(23,24)17-9-7-16(19)8-10-17/h2-10H,11-14H2,1H3/b20-18+. The van der Waals surface area contributed by atoms with E-state index in [4.69, 9.17) is 0 Å². The van der Waals surface area contributed by atoms with Crippen molar-refractivity contribution in [3.8, 4) is 0 Å². The number of nitrogens with zero attached hydrogens (tertiary/aromatic N) is 3. The van der Waals surface area contributed by atoms with Crippen molar-refractivity contribution < 1.29 is 12.8 Å². The Kier molecular flexibility index (Phi) is 5.15. The van der Waals surface area contributed by atoms with Gasteiger partial charge in [-0.05, 0) is 31.3 Å². The highest BCUT2D eigenvalue weighted by atomic mass is 32.2. The van der Waals surface area contributed by atoms with Crippen molar-refractivity contribution in [3.63, 3.8) is 0 Å². The molecular formula is C18H20FN3O2S. The van der Waals surface area contributed by atoms with Crippen LogP contribution in [0.5, 0.6) is 0 Å². The fourth-order valence-corrected chi connectivity index (χ4v) is 3.71. The van der Waals surface area contributed by atoms with Gasteiger partial charge in [-0.15, -0.1) is 4.40 Å². The van der Waals surface area contributed by atoms with E-state index in [1.165, 1.54) is 12.1 Å². The molecule has 0 N–H and O–H groups in total. The molecule has 1 aliphatic heterocycles. The van der Waals surface area contributed by atoms with Crippen molar-refractivity contribution in [2.24, 2.45) is 4.40 Å². The lowest BCUT2D eigenvalue weighted by atomic mass is 10.2. The lowest BCUT2D eigenvalue weighted by Gasteiger charge is -2.34. The second kappa shape index (κ2) is 7.33. The van der Waals surface area contributed by atoms with Gasteiger partial charge >= 0.3 is 0 Å². The molecule has 1 heterocycles. The van der Waals surface area contributed by atoms with Crippen molar-refractivity contribution in [2.75, 3.05) is 33.2 Å². The average molecular weight is 361 g/mol. The molecule has 2 aromatic carbocycles. The monoisotopic (exact) mass is 361 g/mol. The molecule has 0 aliphatic carbocycles. The fourth-order valence-electron chi connectivity index (χ4n) is 2.67. The molecule has 0 unspecified atom stereocenters. The molecule has 25 heavy (non-hydrogen) atoms. The molecule has 0 aromatic heterocycles. The van der Waals surface area contributed by atoms with E-state index < -0.39 is 15.8 Å². The minimum absolute atomic E-state index is 0.0172. The molecule has 132 valence electrons. The van der Waals surface area contributed by atoms with Crippen molar-refractivity contribution in [1.82, 2.24) is 9.80 Å². The third-order valence-corrected chi connectivity index (χ3v) is 5.43. The van der Waals surface area contributed by atoms with Gasteiger partial charge in [0.25, 0.3) is 10.0 Å². The van der Waals surface area contributed by atoms with Crippen LogP contribution in [0.4, 0.5) is 4.39 Å². The molecule has 0 saturated carbocycles. The van der Waals surface area contributed by atoms with E-state index in [9.17, 15) is 12.8 Å². The predicted molar refractivity (Wildman–Crippen MR) is 95.6 cm³/mol. The van der Waals surface area contributed by atoms with E-state index in [1.54, 1.807) is 0 Å². The maximum atomic E-state index is 13.1. The Bertz CT molecular complexity index is 844. The highest BCUT2D eigenvalue weighted by Crippen LogP contribution is 2.17. The molecule has 1 aliphatic rings. The SMILES string of the molecule is CN1CCN(/C(=N/S(=O)(=O)c2ccc(F)cc2)c2ccccc2)CC1. The van der Waals surface area contributed by atoms with Gasteiger partial charge in [-0.2, -0.15) is 8.42 Å². The molecule has 0 amide bonds. The van der Waals surface area contributed by atoms with Gasteiger partial charge in [0.15, 0.2) is 0 Å². The maximum absolute atomic E-state index is 13.1. The Hall–Kier alpha value is -2.25. The number of piperazine rings is 1. The third-order valence-electron chi connectivity index (χ3n) is 4.15. The Morgan fingerprint density at radius 3 is 2.16 bits per heavy atom. The highest BCUT2D eigenvalue weighted by Gasteiger charge is 2.22. The third kappa shape index (κ3) is 4.24. The number of hydrogen-bond acceptors (Lipinski definition) is 3. The summed E-state index contributed by atoms with van der Waals surface area (Å²) in [5.41, 5.74) is 0.748. The quantitative estimate of drug-likeness (QED) is 0.621. The van der Waals surface area contributed by atoms with E-state index in [1.807, 2.05) is 42.3 Å². The van der Waals surface area contributed by atoms with Crippen molar-refractivity contribution in [3.05, 3.63) is 66.0 Å². The van der Waals surface area contributed by atoms with Gasteiger partial charge < -0.3 is 9.80 Å². The zero-order valence-corrected chi connectivity index (χ0v) is 14.8. The van der Waals surface area contributed by atoms with Crippen LogP contribution in [-0.2, 0) is 10.0 Å². The van der Waals surface area contributed by atoms with Gasteiger partial charge in [-0.3, -0.25) is 0 Å². The summed E-state index contributed by atoms with van der Waals surface area (Å²) in [4.78, 5) is 4.15. The lowest BCUT2D eigenvalue weighted by Crippen LogP contribution is -2.47. The van der Waals surface area contributed by atoms with E-state index in [-0.39, 0.29) is 4.90 Å². The molecule has 7 heteroatoms. The number of benzene rings is 2. The van der Waals surface area contributed by atoms with Crippen LogP contribution in [0.1, 0.15) is 5.56 Å². The first-order valence-electron chi connectivity index (χ1n) is 8.05. The van der Waals surface area contributed by atoms with Crippen LogP contribution >= 0.6 is 0 Å². The first-order chi connectivity index (χ1) is 12.0. The van der Waals surface area contributed by atoms with Crippen LogP contribution in [0.3, 0.4) is 0 Å². The smallest absolute Gasteiger partial charge is 0.284 e. The summed E-state index contributed by atoms with van der Waals surface area (Å²) in [6, 6.07) is 14.0. The molecule has 1 saturated heterocycles. The van der Waals surface area contributed by atoms with E-state index in [0.29, 0.717) is 18.9 Å². The summed E-state index contributed by atoms with van der Waals surface area (Å²) in [6.45, 7) is 3.07. The molecule has 0 spiro atoms. The van der Waals surface area contributed by atoms with E-state index in [0.717, 1.165) is 30.8 Å². The van der Waals surface area contributed by atoms with Crippen LogP contribution in [0, 0.1) is 5.82 Å². The van der Waals surface area contributed by atoms with Crippen molar-refractivity contribution >= 4 is 15.9 Å². The summed E-state index contributed by atoms with van der Waals surface area (Å²) in [6.07, 6.45) is 0. The molecule has 3 rings (SSSR count). The molecule has 5 nitrogen and oxygen atoms in total. The Morgan fingerprint density at radius 2 is 1.56 bits per heavy atom. The number of rotatable bonds is 3. The van der Waals surface area contributed by atoms with Crippen LogP contribution in [0.25, 0.3) is 0 Å². The summed E-state index contributed by atoms with van der Waals surface area (Å²) < 4.78 is 42.6. The second-order valence-corrected chi connectivity index (χ2v) is 7.60. The first kappa shape index (κ1) is 17.6. The van der Waals surface area contributed by atoms with E-state index >= 15 is 0 Å². The normalized spacial score (nSPS) is 16.9. The Labute approximate surface area is 147 Å². The zero-order valence-electron chi connectivity index (χ0n) is 14.0. The van der Waals surface area contributed by atoms with Crippen LogP contribution in [0.2, 0.25) is 0 Å². The van der Waals surface area contributed by atoms with Crippen LogP contribution in [0.15, 0.2) is 63.9 Å². The van der Waals surface area contributed by atoms with E-state index in [2.05, 4.69) is 9.30 Å². The average Bonchev–Trinajstić information content (AvgIpc) is 2.62. The summed E-state index contributed by atoms with van der Waals surface area (Å²) in [7, 11) is -1.89. The molecule has 0 bridgehead atoms. The number of amidine groups is 1. The highest BCUT2D eigenvalue weighted by molar-refractivity contribution is 7.90. The van der Waals surface area contributed by atoms with Gasteiger partial charge in [-0.1, -0.05) is 30.3 Å². The molecule has 2 aromatic rings. The minimum atomic E-state index is -3.92. The van der Waals surface area contributed by atoms with Gasteiger partial charge in [0.05, 0.1) is 4.90 Å². The summed E-state index contributed by atoms with van der Waals surface area (Å²) in [5, 5.41) is 0. The fraction of sp³-hybridized carbons (Fsp3) is 0.278. The molecular weight excluding hydrogens is 341 g/mol. The lowest BCUT2D eigenvalue weighted by molar-refractivity contribution is 0.216. The summed E-state index contributed by atoms with van der Waals surface area (Å²) in [5.74, 6) is -0.0525. The predicted octanol–water partition coefficient (Wildman–Crippen LogP) is 2.21. The van der Waals surface area contributed by atoms with Crippen LogP contribution in [-0.4, -0.2) is 57.3 Å². The Morgan fingerprint density at radius 1 is 0.960 bits per heavy atom. The van der Waals surface area contributed by atoms with Gasteiger partial charge in [0.2, 0.25) is 0 Å². The summed E-state index contributed by atoms with van der Waals surface area (Å²) >= 11 is 0. The number of likely N-dealkylation sites (N-methyl/N-ethyl adjacent to an activating group) is 1. The number of halogens is 1. The second-order valence-electron chi connectivity index (χ2n) is 6.00.